The highest BCUT2D eigenvalue weighted by Crippen LogP contribution is 2.02. The average molecular weight is 324 g/mol. The molecule has 0 aliphatic heterocycles. The molecule has 0 saturated heterocycles. The quantitative estimate of drug-likeness (QED) is 0.696. The van der Waals surface area contributed by atoms with Crippen molar-refractivity contribution in [2.45, 2.75) is 25.7 Å². The minimum Gasteiger partial charge on any atom is -0.355 e. The number of carbonyl (C=O) groups is 2. The maximum Gasteiger partial charge on any atom is 0.239 e. The van der Waals surface area contributed by atoms with Gasteiger partial charge in [-0.15, -0.1) is 0 Å². The van der Waals surface area contributed by atoms with Crippen molar-refractivity contribution in [1.29, 1.82) is 0 Å². The Kier molecular flexibility index (Phi) is 7.54. The van der Waals surface area contributed by atoms with Crippen molar-refractivity contribution in [1.82, 2.24) is 10.6 Å². The van der Waals surface area contributed by atoms with Crippen LogP contribution in [0, 0.1) is 0 Å². The van der Waals surface area contributed by atoms with E-state index in [4.69, 9.17) is 0 Å². The second kappa shape index (κ2) is 10.2. The topological polar surface area (TPSA) is 58.2 Å². The van der Waals surface area contributed by atoms with Gasteiger partial charge < -0.3 is 10.6 Å². The van der Waals surface area contributed by atoms with Crippen molar-refractivity contribution in [2.24, 2.45) is 0 Å². The zero-order valence-corrected chi connectivity index (χ0v) is 13.8. The van der Waals surface area contributed by atoms with Crippen LogP contribution in [-0.4, -0.2) is 24.9 Å². The lowest BCUT2D eigenvalue weighted by Gasteiger charge is -2.07. The molecule has 24 heavy (non-hydrogen) atoms. The van der Waals surface area contributed by atoms with E-state index in [1.54, 1.807) is 0 Å². The van der Waals surface area contributed by atoms with Crippen molar-refractivity contribution in [3.8, 4) is 0 Å². The first kappa shape index (κ1) is 17.7. The van der Waals surface area contributed by atoms with Gasteiger partial charge in [-0.3, -0.25) is 9.59 Å². The average Bonchev–Trinajstić information content (AvgIpc) is 2.63. The molecule has 0 bridgehead atoms. The third-order valence-electron chi connectivity index (χ3n) is 3.74. The maximum absolute atomic E-state index is 11.7. The molecule has 2 aromatic rings. The third kappa shape index (κ3) is 7.09. The molecular formula is C20H24N2O2. The minimum absolute atomic E-state index is 0.0406. The van der Waals surface area contributed by atoms with Gasteiger partial charge in [0.25, 0.3) is 0 Å². The molecule has 0 aliphatic carbocycles. The largest absolute Gasteiger partial charge is 0.355 e. The van der Waals surface area contributed by atoms with Gasteiger partial charge in [0.05, 0.1) is 6.54 Å². The number of rotatable bonds is 9. The summed E-state index contributed by atoms with van der Waals surface area (Å²) in [7, 11) is 0. The lowest BCUT2D eigenvalue weighted by Crippen LogP contribution is -2.37. The van der Waals surface area contributed by atoms with Crippen molar-refractivity contribution in [3.63, 3.8) is 0 Å². The van der Waals surface area contributed by atoms with Gasteiger partial charge in [0, 0.05) is 13.0 Å². The molecule has 2 rings (SSSR count). The van der Waals surface area contributed by atoms with Crippen molar-refractivity contribution in [2.75, 3.05) is 13.1 Å². The second-order valence-corrected chi connectivity index (χ2v) is 5.70. The molecule has 0 aliphatic rings. The van der Waals surface area contributed by atoms with Crippen LogP contribution in [0.2, 0.25) is 0 Å². The fourth-order valence-corrected chi connectivity index (χ4v) is 2.40. The van der Waals surface area contributed by atoms with Crippen LogP contribution in [0.15, 0.2) is 60.7 Å². The molecule has 0 radical (unpaired) electrons. The van der Waals surface area contributed by atoms with E-state index < -0.39 is 0 Å². The van der Waals surface area contributed by atoms with E-state index in [0.29, 0.717) is 19.4 Å². The zero-order valence-electron chi connectivity index (χ0n) is 13.8. The van der Waals surface area contributed by atoms with Gasteiger partial charge in [0.2, 0.25) is 11.8 Å². The second-order valence-electron chi connectivity index (χ2n) is 5.70. The summed E-state index contributed by atoms with van der Waals surface area (Å²) in [5.74, 6) is -0.241. The number of hydrogen-bond donors (Lipinski definition) is 2. The maximum atomic E-state index is 11.7. The Morgan fingerprint density at radius 1 is 0.708 bits per heavy atom. The zero-order chi connectivity index (χ0) is 17.0. The van der Waals surface area contributed by atoms with Crippen LogP contribution < -0.4 is 10.6 Å². The van der Waals surface area contributed by atoms with Crippen LogP contribution >= 0.6 is 0 Å². The molecule has 2 amide bonds. The fourth-order valence-electron chi connectivity index (χ4n) is 2.40. The molecule has 4 heteroatoms. The van der Waals surface area contributed by atoms with Crippen LogP contribution in [0.4, 0.5) is 0 Å². The Bertz CT molecular complexity index is 627. The summed E-state index contributed by atoms with van der Waals surface area (Å²) >= 11 is 0. The first-order valence-corrected chi connectivity index (χ1v) is 8.35. The number of hydrogen-bond acceptors (Lipinski definition) is 2. The van der Waals surface area contributed by atoms with Crippen LogP contribution in [0.25, 0.3) is 0 Å². The Morgan fingerprint density at radius 3 is 1.92 bits per heavy atom. The van der Waals surface area contributed by atoms with E-state index in [1.807, 2.05) is 48.5 Å². The molecule has 2 N–H and O–H groups in total. The fraction of sp³-hybridized carbons (Fsp3) is 0.300. The Morgan fingerprint density at radius 2 is 1.29 bits per heavy atom. The molecule has 2 aromatic carbocycles. The SMILES string of the molecule is O=C(CCc1ccccc1)NCC(=O)NCCCc1ccccc1. The molecule has 0 heterocycles. The van der Waals surface area contributed by atoms with Crippen LogP contribution in [-0.2, 0) is 22.4 Å². The summed E-state index contributed by atoms with van der Waals surface area (Å²) in [4.78, 5) is 23.5. The van der Waals surface area contributed by atoms with Crippen molar-refractivity contribution in [3.05, 3.63) is 71.8 Å². The number of benzene rings is 2. The van der Waals surface area contributed by atoms with Gasteiger partial charge in [-0.2, -0.15) is 0 Å². The van der Waals surface area contributed by atoms with E-state index >= 15 is 0 Å². The first-order chi connectivity index (χ1) is 11.7. The van der Waals surface area contributed by atoms with Gasteiger partial charge in [0.1, 0.15) is 0 Å². The number of carbonyl (C=O) groups excluding carboxylic acids is 2. The van der Waals surface area contributed by atoms with E-state index in [0.717, 1.165) is 18.4 Å². The lowest BCUT2D eigenvalue weighted by atomic mass is 10.1. The third-order valence-corrected chi connectivity index (χ3v) is 3.74. The van der Waals surface area contributed by atoms with Crippen LogP contribution in [0.5, 0.6) is 0 Å². The summed E-state index contributed by atoms with van der Waals surface area (Å²) in [6.45, 7) is 0.659. The van der Waals surface area contributed by atoms with Crippen LogP contribution in [0.3, 0.4) is 0 Å². The normalized spacial score (nSPS) is 10.2. The van der Waals surface area contributed by atoms with Gasteiger partial charge >= 0.3 is 0 Å². The van der Waals surface area contributed by atoms with E-state index in [2.05, 4.69) is 22.8 Å². The predicted octanol–water partition coefficient (Wildman–Crippen LogP) is 2.48. The van der Waals surface area contributed by atoms with Gasteiger partial charge in [-0.25, -0.2) is 0 Å². The highest BCUT2D eigenvalue weighted by atomic mass is 16.2. The summed E-state index contributed by atoms with van der Waals surface area (Å²) < 4.78 is 0. The molecular weight excluding hydrogens is 300 g/mol. The number of nitrogens with one attached hydrogen (secondary N) is 2. The molecule has 0 unspecified atom stereocenters. The Balaban J connectivity index is 1.53. The van der Waals surface area contributed by atoms with Crippen LogP contribution in [0.1, 0.15) is 24.0 Å². The van der Waals surface area contributed by atoms with E-state index in [-0.39, 0.29) is 18.4 Å². The Hall–Kier alpha value is -2.62. The standard InChI is InChI=1S/C20H24N2O2/c23-19(14-13-18-10-5-2-6-11-18)22-16-20(24)21-15-7-12-17-8-3-1-4-9-17/h1-6,8-11H,7,12-16H2,(H,21,24)(H,22,23). The highest BCUT2D eigenvalue weighted by Gasteiger charge is 2.05. The number of amides is 2. The van der Waals surface area contributed by atoms with E-state index in [9.17, 15) is 9.59 Å². The van der Waals surface area contributed by atoms with Gasteiger partial charge in [-0.05, 0) is 30.4 Å². The summed E-state index contributed by atoms with van der Waals surface area (Å²) in [5, 5.41) is 5.49. The van der Waals surface area contributed by atoms with Gasteiger partial charge in [-0.1, -0.05) is 60.7 Å². The van der Waals surface area contributed by atoms with E-state index in [1.165, 1.54) is 5.56 Å². The predicted molar refractivity (Wildman–Crippen MR) is 95.5 cm³/mol. The molecule has 0 aromatic heterocycles. The minimum atomic E-state index is -0.142. The molecule has 126 valence electrons. The molecule has 0 saturated carbocycles. The highest BCUT2D eigenvalue weighted by molar-refractivity contribution is 5.84. The summed E-state index contributed by atoms with van der Waals surface area (Å²) in [5.41, 5.74) is 2.39. The first-order valence-electron chi connectivity index (χ1n) is 8.35. The molecule has 0 fully saturated rings. The lowest BCUT2D eigenvalue weighted by molar-refractivity contribution is -0.126. The molecule has 0 spiro atoms. The van der Waals surface area contributed by atoms with Crippen molar-refractivity contribution >= 4 is 11.8 Å². The molecule has 4 nitrogen and oxygen atoms in total. The summed E-state index contributed by atoms with van der Waals surface area (Å²) in [6.07, 6.45) is 2.90. The summed E-state index contributed by atoms with van der Waals surface area (Å²) in [6, 6.07) is 20.0. The Labute approximate surface area is 143 Å². The van der Waals surface area contributed by atoms with Crippen molar-refractivity contribution < 1.29 is 9.59 Å². The van der Waals surface area contributed by atoms with Gasteiger partial charge in [0.15, 0.2) is 0 Å². The molecule has 0 atom stereocenters. The monoisotopic (exact) mass is 324 g/mol. The number of aryl methyl sites for hydroxylation is 2. The smallest absolute Gasteiger partial charge is 0.239 e.